The first-order valence-corrected chi connectivity index (χ1v) is 9.45. The SMILES string of the molecule is NC[C@@H]1CN(Cc2ccc(-c3cccc([N+](=O)[O-])c3)o2)C[C@H]1c1ccccc1. The Kier molecular flexibility index (Phi) is 5.23. The van der Waals surface area contributed by atoms with Crippen molar-refractivity contribution in [2.24, 2.45) is 11.7 Å². The van der Waals surface area contributed by atoms with E-state index in [1.54, 1.807) is 6.07 Å². The zero-order valence-corrected chi connectivity index (χ0v) is 15.5. The number of furan rings is 1. The standard InChI is InChI=1S/C22H23N3O3/c23-12-18-13-24(15-21(18)16-5-2-1-3-6-16)14-20-9-10-22(28-20)17-7-4-8-19(11-17)25(26)27/h1-11,18,21H,12-15,23H2/t18-,21+/m1/s1. The Bertz CT molecular complexity index is 954. The van der Waals surface area contributed by atoms with Crippen LogP contribution in [0.2, 0.25) is 0 Å². The maximum absolute atomic E-state index is 11.0. The molecule has 1 fully saturated rings. The first kappa shape index (κ1) is 18.4. The van der Waals surface area contributed by atoms with Crippen LogP contribution >= 0.6 is 0 Å². The zero-order valence-electron chi connectivity index (χ0n) is 15.5. The van der Waals surface area contributed by atoms with Gasteiger partial charge in [0, 0.05) is 36.7 Å². The second kappa shape index (κ2) is 7.96. The van der Waals surface area contributed by atoms with E-state index in [0.29, 0.717) is 36.2 Å². The van der Waals surface area contributed by atoms with Gasteiger partial charge >= 0.3 is 0 Å². The number of nitro groups is 1. The minimum atomic E-state index is -0.395. The number of likely N-dealkylation sites (tertiary alicyclic amines) is 1. The lowest BCUT2D eigenvalue weighted by Crippen LogP contribution is -2.23. The Hall–Kier alpha value is -2.96. The van der Waals surface area contributed by atoms with Gasteiger partial charge in [0.1, 0.15) is 11.5 Å². The van der Waals surface area contributed by atoms with E-state index in [9.17, 15) is 10.1 Å². The molecule has 0 bridgehead atoms. The molecule has 1 aliphatic heterocycles. The van der Waals surface area contributed by atoms with Gasteiger partial charge in [-0.3, -0.25) is 15.0 Å². The van der Waals surface area contributed by atoms with Crippen LogP contribution in [0.5, 0.6) is 0 Å². The van der Waals surface area contributed by atoms with Crippen LogP contribution in [0.25, 0.3) is 11.3 Å². The third-order valence-corrected chi connectivity index (χ3v) is 5.43. The average molecular weight is 377 g/mol. The summed E-state index contributed by atoms with van der Waals surface area (Å²) in [6.07, 6.45) is 0. The highest BCUT2D eigenvalue weighted by atomic mass is 16.6. The molecule has 0 spiro atoms. The number of rotatable bonds is 6. The average Bonchev–Trinajstić information content (AvgIpc) is 3.36. The van der Waals surface area contributed by atoms with Crippen LogP contribution in [0.1, 0.15) is 17.2 Å². The van der Waals surface area contributed by atoms with Crippen LogP contribution in [0.3, 0.4) is 0 Å². The Balaban J connectivity index is 1.47. The molecule has 2 aromatic carbocycles. The van der Waals surface area contributed by atoms with Crippen molar-refractivity contribution in [2.45, 2.75) is 12.5 Å². The van der Waals surface area contributed by atoms with Gasteiger partial charge in [-0.2, -0.15) is 0 Å². The van der Waals surface area contributed by atoms with E-state index in [-0.39, 0.29) is 5.69 Å². The molecule has 1 saturated heterocycles. The van der Waals surface area contributed by atoms with E-state index in [4.69, 9.17) is 10.2 Å². The zero-order chi connectivity index (χ0) is 19.5. The summed E-state index contributed by atoms with van der Waals surface area (Å²) in [5.41, 5.74) is 8.13. The van der Waals surface area contributed by atoms with Crippen LogP contribution in [0.15, 0.2) is 71.1 Å². The van der Waals surface area contributed by atoms with Crippen LogP contribution < -0.4 is 5.73 Å². The van der Waals surface area contributed by atoms with Gasteiger partial charge in [0.05, 0.1) is 11.5 Å². The van der Waals surface area contributed by atoms with Crippen LogP contribution in [0.4, 0.5) is 5.69 Å². The number of non-ortho nitro benzene ring substituents is 1. The van der Waals surface area contributed by atoms with Crippen molar-refractivity contribution in [1.82, 2.24) is 4.90 Å². The monoisotopic (exact) mass is 377 g/mol. The van der Waals surface area contributed by atoms with Crippen molar-refractivity contribution in [1.29, 1.82) is 0 Å². The summed E-state index contributed by atoms with van der Waals surface area (Å²) in [6.45, 7) is 3.24. The van der Waals surface area contributed by atoms with Gasteiger partial charge in [-0.1, -0.05) is 42.5 Å². The van der Waals surface area contributed by atoms with Crippen molar-refractivity contribution in [3.8, 4) is 11.3 Å². The number of nitrogens with zero attached hydrogens (tertiary/aromatic N) is 2. The maximum Gasteiger partial charge on any atom is 0.270 e. The van der Waals surface area contributed by atoms with Crippen molar-refractivity contribution < 1.29 is 9.34 Å². The third kappa shape index (κ3) is 3.83. The molecule has 0 amide bonds. The van der Waals surface area contributed by atoms with E-state index in [0.717, 1.165) is 18.8 Å². The largest absolute Gasteiger partial charge is 0.460 e. The highest BCUT2D eigenvalue weighted by Gasteiger charge is 2.33. The molecule has 0 aliphatic carbocycles. The number of hydrogen-bond acceptors (Lipinski definition) is 5. The third-order valence-electron chi connectivity index (χ3n) is 5.43. The predicted octanol–water partition coefficient (Wildman–Crippen LogP) is 4.03. The second-order valence-corrected chi connectivity index (χ2v) is 7.28. The highest BCUT2D eigenvalue weighted by molar-refractivity contribution is 5.61. The molecule has 2 atom stereocenters. The summed E-state index contributed by atoms with van der Waals surface area (Å²) in [5, 5.41) is 11.0. The van der Waals surface area contributed by atoms with Gasteiger partial charge in [0.15, 0.2) is 0 Å². The first-order valence-electron chi connectivity index (χ1n) is 9.45. The van der Waals surface area contributed by atoms with Gasteiger partial charge in [-0.25, -0.2) is 0 Å². The molecule has 1 aromatic heterocycles. The van der Waals surface area contributed by atoms with Crippen molar-refractivity contribution in [3.63, 3.8) is 0 Å². The Labute approximate surface area is 163 Å². The number of hydrogen-bond donors (Lipinski definition) is 1. The Morgan fingerprint density at radius 1 is 1.07 bits per heavy atom. The lowest BCUT2D eigenvalue weighted by atomic mass is 9.89. The van der Waals surface area contributed by atoms with Gasteiger partial charge in [-0.05, 0) is 30.2 Å². The van der Waals surface area contributed by atoms with E-state index in [1.807, 2.05) is 24.3 Å². The molecule has 3 aromatic rings. The molecule has 0 unspecified atom stereocenters. The fourth-order valence-corrected chi connectivity index (χ4v) is 4.02. The molecule has 0 saturated carbocycles. The van der Waals surface area contributed by atoms with Crippen molar-refractivity contribution >= 4 is 5.69 Å². The maximum atomic E-state index is 11.0. The molecule has 1 aliphatic rings. The summed E-state index contributed by atoms with van der Waals surface area (Å²) in [6, 6.07) is 20.9. The molecule has 2 N–H and O–H groups in total. The Morgan fingerprint density at radius 2 is 1.89 bits per heavy atom. The molecule has 0 radical (unpaired) electrons. The summed E-state index contributed by atoms with van der Waals surface area (Å²) in [5.74, 6) is 2.35. The molecule has 28 heavy (non-hydrogen) atoms. The lowest BCUT2D eigenvalue weighted by Gasteiger charge is -2.16. The first-order chi connectivity index (χ1) is 13.6. The van der Waals surface area contributed by atoms with Gasteiger partial charge in [-0.15, -0.1) is 0 Å². The molecule has 2 heterocycles. The second-order valence-electron chi connectivity index (χ2n) is 7.28. The quantitative estimate of drug-likeness (QED) is 0.518. The summed E-state index contributed by atoms with van der Waals surface area (Å²) in [7, 11) is 0. The van der Waals surface area contributed by atoms with Gasteiger partial charge < -0.3 is 10.2 Å². The molecular weight excluding hydrogens is 354 g/mol. The predicted molar refractivity (Wildman–Crippen MR) is 108 cm³/mol. The van der Waals surface area contributed by atoms with E-state index < -0.39 is 4.92 Å². The van der Waals surface area contributed by atoms with Crippen molar-refractivity contribution in [2.75, 3.05) is 19.6 Å². The van der Waals surface area contributed by atoms with E-state index in [2.05, 4.69) is 29.2 Å². The Morgan fingerprint density at radius 3 is 2.64 bits per heavy atom. The summed E-state index contributed by atoms with van der Waals surface area (Å²) >= 11 is 0. The molecule has 144 valence electrons. The van der Waals surface area contributed by atoms with Crippen LogP contribution in [-0.4, -0.2) is 29.5 Å². The molecular formula is C22H23N3O3. The molecule has 6 nitrogen and oxygen atoms in total. The summed E-state index contributed by atoms with van der Waals surface area (Å²) < 4.78 is 5.98. The van der Waals surface area contributed by atoms with Crippen LogP contribution in [-0.2, 0) is 6.54 Å². The molecule has 4 rings (SSSR count). The van der Waals surface area contributed by atoms with E-state index in [1.165, 1.54) is 17.7 Å². The van der Waals surface area contributed by atoms with Gasteiger partial charge in [0.2, 0.25) is 0 Å². The minimum absolute atomic E-state index is 0.0616. The van der Waals surface area contributed by atoms with Crippen LogP contribution in [0, 0.1) is 16.0 Å². The fraction of sp³-hybridized carbons (Fsp3) is 0.273. The fourth-order valence-electron chi connectivity index (χ4n) is 4.02. The lowest BCUT2D eigenvalue weighted by molar-refractivity contribution is -0.384. The highest BCUT2D eigenvalue weighted by Crippen LogP contribution is 2.33. The normalized spacial score (nSPS) is 19.8. The molecule has 6 heteroatoms. The minimum Gasteiger partial charge on any atom is -0.460 e. The number of nitrogens with two attached hydrogens (primary N) is 1. The van der Waals surface area contributed by atoms with Gasteiger partial charge in [0.25, 0.3) is 5.69 Å². The summed E-state index contributed by atoms with van der Waals surface area (Å²) in [4.78, 5) is 13.0. The number of nitro benzene ring substituents is 1. The van der Waals surface area contributed by atoms with E-state index >= 15 is 0 Å². The van der Waals surface area contributed by atoms with Crippen molar-refractivity contribution in [3.05, 3.63) is 88.2 Å². The topological polar surface area (TPSA) is 85.5 Å². The smallest absolute Gasteiger partial charge is 0.270 e. The number of benzene rings is 2.